The normalized spacial score (nSPS) is 12.0. The molecule has 0 saturated carbocycles. The molecule has 27 heavy (non-hydrogen) atoms. The number of carbonyl (C=O) groups is 1. The minimum absolute atomic E-state index is 0.0475. The summed E-state index contributed by atoms with van der Waals surface area (Å²) in [4.78, 5) is 19.5. The minimum Gasteiger partial charge on any atom is -0.310 e. The second-order valence-electron chi connectivity index (χ2n) is 6.00. The van der Waals surface area contributed by atoms with Crippen LogP contribution in [0.5, 0.6) is 0 Å². The number of halogens is 4. The van der Waals surface area contributed by atoms with E-state index in [0.29, 0.717) is 16.6 Å². The van der Waals surface area contributed by atoms with Gasteiger partial charge in [-0.15, -0.1) is 0 Å². The lowest BCUT2D eigenvalue weighted by Gasteiger charge is -2.11. The maximum absolute atomic E-state index is 13.6. The maximum Gasteiger partial charge on any atom is 0.287 e. The molecule has 1 amide bonds. The van der Waals surface area contributed by atoms with Crippen molar-refractivity contribution < 1.29 is 22.4 Å². The number of fused-ring (bicyclic) bond motifs is 1. The van der Waals surface area contributed by atoms with Gasteiger partial charge in [0.1, 0.15) is 11.5 Å². The first-order valence-corrected chi connectivity index (χ1v) is 7.94. The van der Waals surface area contributed by atoms with Crippen LogP contribution >= 0.6 is 0 Å². The van der Waals surface area contributed by atoms with E-state index >= 15 is 0 Å². The molecular weight excluding hydrogens is 366 g/mol. The van der Waals surface area contributed by atoms with E-state index in [1.807, 2.05) is 0 Å². The van der Waals surface area contributed by atoms with E-state index in [4.69, 9.17) is 0 Å². The Morgan fingerprint density at radius 3 is 2.74 bits per heavy atom. The third kappa shape index (κ3) is 4.04. The number of aromatic nitrogens is 4. The number of nitrogens with one attached hydrogen (secondary N) is 1. The molecule has 142 valence electrons. The zero-order valence-corrected chi connectivity index (χ0v) is 14.4. The third-order valence-electron chi connectivity index (χ3n) is 3.76. The molecule has 3 heterocycles. The van der Waals surface area contributed by atoms with Gasteiger partial charge in [-0.25, -0.2) is 23.4 Å². The lowest BCUT2D eigenvalue weighted by molar-refractivity contribution is -0.118. The van der Waals surface area contributed by atoms with Crippen molar-refractivity contribution in [2.24, 2.45) is 0 Å². The summed E-state index contributed by atoms with van der Waals surface area (Å²) >= 11 is 0. The predicted octanol–water partition coefficient (Wildman–Crippen LogP) is 3.83. The van der Waals surface area contributed by atoms with Gasteiger partial charge in [0.15, 0.2) is 5.82 Å². The van der Waals surface area contributed by atoms with Crippen molar-refractivity contribution in [1.29, 1.82) is 0 Å². The minimum atomic E-state index is -3.12. The molecule has 0 saturated heterocycles. The molecule has 0 bridgehead atoms. The summed E-state index contributed by atoms with van der Waals surface area (Å²) in [6.07, 6.45) is -2.30. The Hall–Kier alpha value is -3.04. The molecule has 6 nitrogen and oxygen atoms in total. The Morgan fingerprint density at radius 1 is 1.33 bits per heavy atom. The second kappa shape index (κ2) is 6.93. The molecule has 1 N–H and O–H groups in total. The fraction of sp³-hybridized carbons (Fsp3) is 0.294. The predicted molar refractivity (Wildman–Crippen MR) is 90.2 cm³/mol. The van der Waals surface area contributed by atoms with Crippen LogP contribution in [0.4, 0.5) is 23.4 Å². The van der Waals surface area contributed by atoms with Crippen LogP contribution < -0.4 is 5.32 Å². The van der Waals surface area contributed by atoms with E-state index in [1.165, 1.54) is 35.1 Å². The van der Waals surface area contributed by atoms with Crippen LogP contribution in [0, 0.1) is 6.92 Å². The number of pyridine rings is 2. The van der Waals surface area contributed by atoms with Crippen LogP contribution in [-0.4, -0.2) is 32.1 Å². The fourth-order valence-corrected chi connectivity index (χ4v) is 2.52. The van der Waals surface area contributed by atoms with Crippen molar-refractivity contribution >= 4 is 22.6 Å². The summed E-state index contributed by atoms with van der Waals surface area (Å²) in [6.45, 7) is 2.44. The molecule has 0 atom stereocenters. The standard InChI is InChI=1S/C17H15F4N5O/c1-9-10-8-22-14(24-16(27)7-13(18)19)6-11(10)26(25-9)15-5-3-4-12(23-15)17(2,20)21/h3-6,8,13H,7H2,1-2H3,(H,22,24,27). The Morgan fingerprint density at radius 2 is 2.07 bits per heavy atom. The molecule has 0 aromatic carbocycles. The Balaban J connectivity index is 2.04. The van der Waals surface area contributed by atoms with Gasteiger partial charge >= 0.3 is 0 Å². The molecule has 3 aromatic heterocycles. The summed E-state index contributed by atoms with van der Waals surface area (Å²) < 4.78 is 53.1. The SMILES string of the molecule is Cc1nn(-c2cccc(C(C)(F)F)n2)c2cc(NC(=O)CC(F)F)ncc12. The first-order chi connectivity index (χ1) is 12.6. The molecular formula is C17H15F4N5O. The Labute approximate surface area is 151 Å². The van der Waals surface area contributed by atoms with Gasteiger partial charge < -0.3 is 5.32 Å². The zero-order valence-electron chi connectivity index (χ0n) is 14.4. The number of nitrogens with zero attached hydrogens (tertiary/aromatic N) is 4. The van der Waals surface area contributed by atoms with E-state index in [0.717, 1.165) is 6.92 Å². The van der Waals surface area contributed by atoms with E-state index in [-0.39, 0.29) is 11.6 Å². The average Bonchev–Trinajstić information content (AvgIpc) is 2.90. The molecule has 3 rings (SSSR count). The summed E-state index contributed by atoms with van der Waals surface area (Å²) in [7, 11) is 0. The number of hydrogen-bond acceptors (Lipinski definition) is 4. The lowest BCUT2D eigenvalue weighted by atomic mass is 10.2. The summed E-state index contributed by atoms with van der Waals surface area (Å²) in [5, 5.41) is 7.17. The largest absolute Gasteiger partial charge is 0.310 e. The highest BCUT2D eigenvalue weighted by atomic mass is 19.3. The van der Waals surface area contributed by atoms with Crippen LogP contribution in [0.3, 0.4) is 0 Å². The molecule has 0 fully saturated rings. The first kappa shape index (κ1) is 18.7. The van der Waals surface area contributed by atoms with Crippen molar-refractivity contribution in [3.05, 3.63) is 41.9 Å². The van der Waals surface area contributed by atoms with Gasteiger partial charge in [0, 0.05) is 24.6 Å². The smallest absolute Gasteiger partial charge is 0.287 e. The number of alkyl halides is 4. The van der Waals surface area contributed by atoms with Crippen molar-refractivity contribution in [1.82, 2.24) is 19.7 Å². The van der Waals surface area contributed by atoms with Crippen LogP contribution in [-0.2, 0) is 10.7 Å². The topological polar surface area (TPSA) is 72.7 Å². The first-order valence-electron chi connectivity index (χ1n) is 7.94. The molecule has 10 heteroatoms. The lowest BCUT2D eigenvalue weighted by Crippen LogP contribution is -2.15. The monoisotopic (exact) mass is 381 g/mol. The molecule has 0 unspecified atom stereocenters. The molecule has 0 aliphatic heterocycles. The van der Waals surface area contributed by atoms with Gasteiger partial charge in [-0.3, -0.25) is 4.79 Å². The number of rotatable bonds is 5. The zero-order chi connectivity index (χ0) is 19.8. The van der Waals surface area contributed by atoms with Crippen LogP contribution in [0.15, 0.2) is 30.5 Å². The van der Waals surface area contributed by atoms with E-state index in [9.17, 15) is 22.4 Å². The summed E-state index contributed by atoms with van der Waals surface area (Å²) in [6, 6.07) is 5.58. The van der Waals surface area contributed by atoms with Gasteiger partial charge in [0.2, 0.25) is 12.3 Å². The van der Waals surface area contributed by atoms with Gasteiger partial charge in [-0.1, -0.05) is 6.07 Å². The van der Waals surface area contributed by atoms with Crippen LogP contribution in [0.25, 0.3) is 16.7 Å². The third-order valence-corrected chi connectivity index (χ3v) is 3.76. The highest BCUT2D eigenvalue weighted by molar-refractivity contribution is 5.92. The van der Waals surface area contributed by atoms with Crippen molar-refractivity contribution in [3.63, 3.8) is 0 Å². The Bertz CT molecular complexity index is 997. The number of carbonyl (C=O) groups excluding carboxylic acids is 1. The fourth-order valence-electron chi connectivity index (χ4n) is 2.52. The van der Waals surface area contributed by atoms with E-state index < -0.39 is 30.4 Å². The molecule has 0 spiro atoms. The van der Waals surface area contributed by atoms with Gasteiger partial charge in [-0.2, -0.15) is 13.9 Å². The number of anilines is 1. The second-order valence-corrected chi connectivity index (χ2v) is 6.00. The highest BCUT2D eigenvalue weighted by Crippen LogP contribution is 2.27. The average molecular weight is 381 g/mol. The van der Waals surface area contributed by atoms with E-state index in [1.54, 1.807) is 6.92 Å². The molecule has 3 aromatic rings. The summed E-state index contributed by atoms with van der Waals surface area (Å²) in [5.41, 5.74) is 0.596. The van der Waals surface area contributed by atoms with Gasteiger partial charge in [0.25, 0.3) is 5.92 Å². The van der Waals surface area contributed by atoms with Crippen LogP contribution in [0.2, 0.25) is 0 Å². The highest BCUT2D eigenvalue weighted by Gasteiger charge is 2.26. The molecule has 0 aliphatic carbocycles. The maximum atomic E-state index is 13.6. The van der Waals surface area contributed by atoms with Crippen molar-refractivity contribution in [3.8, 4) is 5.82 Å². The number of amides is 1. The molecule has 0 aliphatic rings. The Kier molecular flexibility index (Phi) is 4.81. The van der Waals surface area contributed by atoms with Gasteiger partial charge in [0.05, 0.1) is 17.6 Å². The van der Waals surface area contributed by atoms with Crippen LogP contribution in [0.1, 0.15) is 24.7 Å². The van der Waals surface area contributed by atoms with Crippen molar-refractivity contribution in [2.75, 3.05) is 5.32 Å². The molecule has 0 radical (unpaired) electrons. The quantitative estimate of drug-likeness (QED) is 0.682. The van der Waals surface area contributed by atoms with E-state index in [2.05, 4.69) is 20.4 Å². The van der Waals surface area contributed by atoms with Crippen molar-refractivity contribution in [2.45, 2.75) is 32.6 Å². The summed E-state index contributed by atoms with van der Waals surface area (Å²) in [5.74, 6) is -3.80. The number of aryl methyl sites for hydroxylation is 1. The van der Waals surface area contributed by atoms with Gasteiger partial charge in [-0.05, 0) is 19.1 Å². The number of hydrogen-bond donors (Lipinski definition) is 1.